The molecule has 10 heteroatoms. The quantitative estimate of drug-likeness (QED) is 0.886. The number of aryl methyl sites for hydroxylation is 1. The zero-order valence-electron chi connectivity index (χ0n) is 11.1. The van der Waals surface area contributed by atoms with Gasteiger partial charge in [-0.2, -0.15) is 13.2 Å². The average molecular weight is 326 g/mol. The van der Waals surface area contributed by atoms with Crippen molar-refractivity contribution in [2.24, 2.45) is 0 Å². The molecule has 0 aliphatic carbocycles. The first-order chi connectivity index (χ1) is 9.55. The van der Waals surface area contributed by atoms with Crippen LogP contribution in [0.1, 0.15) is 5.56 Å². The standard InChI is InChI=1S/C11H13F3N2O4S/c1-7-3-4-8(21(18,19)15-2)5-9(7)16-10(17)20-6-11(12,13)14/h3-5,15H,6H2,1-2H3,(H,16,17). The summed E-state index contributed by atoms with van der Waals surface area (Å²) in [5, 5.41) is 2.07. The summed E-state index contributed by atoms with van der Waals surface area (Å²) in [4.78, 5) is 11.1. The Hall–Kier alpha value is -1.81. The van der Waals surface area contributed by atoms with Crippen molar-refractivity contribution in [3.63, 3.8) is 0 Å². The van der Waals surface area contributed by atoms with Crippen molar-refractivity contribution in [1.82, 2.24) is 4.72 Å². The van der Waals surface area contributed by atoms with Gasteiger partial charge in [-0.1, -0.05) is 6.07 Å². The zero-order valence-corrected chi connectivity index (χ0v) is 11.9. The van der Waals surface area contributed by atoms with Crippen LogP contribution in [0.3, 0.4) is 0 Å². The van der Waals surface area contributed by atoms with E-state index >= 15 is 0 Å². The number of nitrogens with one attached hydrogen (secondary N) is 2. The number of alkyl halides is 3. The SMILES string of the molecule is CNS(=O)(=O)c1ccc(C)c(NC(=O)OCC(F)(F)F)c1. The van der Waals surface area contributed by atoms with Crippen molar-refractivity contribution < 1.29 is 31.1 Å². The second-order valence-corrected chi connectivity index (χ2v) is 5.89. The third-order valence-electron chi connectivity index (χ3n) is 2.39. The minimum absolute atomic E-state index is 0.0403. The Morgan fingerprint density at radius 1 is 1.33 bits per heavy atom. The number of hydrogen-bond donors (Lipinski definition) is 2. The van der Waals surface area contributed by atoms with Crippen LogP contribution in [-0.4, -0.2) is 34.3 Å². The molecule has 0 fully saturated rings. The number of carbonyl (C=O) groups is 1. The molecule has 0 unspecified atom stereocenters. The van der Waals surface area contributed by atoms with E-state index in [9.17, 15) is 26.4 Å². The van der Waals surface area contributed by atoms with E-state index in [0.717, 1.165) is 6.07 Å². The predicted octanol–water partition coefficient (Wildman–Crippen LogP) is 2.01. The second-order valence-electron chi connectivity index (χ2n) is 4.00. The van der Waals surface area contributed by atoms with Crippen molar-refractivity contribution in [2.75, 3.05) is 19.0 Å². The van der Waals surface area contributed by atoms with Crippen LogP contribution in [-0.2, 0) is 14.8 Å². The van der Waals surface area contributed by atoms with Gasteiger partial charge in [-0.05, 0) is 31.7 Å². The molecule has 0 aromatic heterocycles. The van der Waals surface area contributed by atoms with Crippen LogP contribution in [0.4, 0.5) is 23.7 Å². The van der Waals surface area contributed by atoms with E-state index in [-0.39, 0.29) is 10.6 Å². The Labute approximate surface area is 119 Å². The first-order valence-corrected chi connectivity index (χ1v) is 7.08. The summed E-state index contributed by atoms with van der Waals surface area (Å²) in [5.74, 6) is 0. The van der Waals surface area contributed by atoms with Gasteiger partial charge in [-0.3, -0.25) is 5.32 Å². The van der Waals surface area contributed by atoms with Crippen molar-refractivity contribution >= 4 is 21.8 Å². The molecule has 1 aromatic rings. The molecule has 1 aromatic carbocycles. The van der Waals surface area contributed by atoms with E-state index in [2.05, 4.69) is 14.8 Å². The highest BCUT2D eigenvalue weighted by molar-refractivity contribution is 7.89. The van der Waals surface area contributed by atoms with Gasteiger partial charge in [0.1, 0.15) is 0 Å². The van der Waals surface area contributed by atoms with E-state index in [1.165, 1.54) is 19.2 Å². The van der Waals surface area contributed by atoms with Crippen LogP contribution in [0.5, 0.6) is 0 Å². The molecule has 0 heterocycles. The van der Waals surface area contributed by atoms with Crippen molar-refractivity contribution in [2.45, 2.75) is 18.0 Å². The Morgan fingerprint density at radius 3 is 2.48 bits per heavy atom. The number of sulfonamides is 1. The van der Waals surface area contributed by atoms with Gasteiger partial charge in [-0.25, -0.2) is 17.9 Å². The molecule has 2 N–H and O–H groups in total. The molecule has 0 aliphatic heterocycles. The average Bonchev–Trinajstić information content (AvgIpc) is 2.38. The highest BCUT2D eigenvalue weighted by Crippen LogP contribution is 2.21. The number of benzene rings is 1. The lowest BCUT2D eigenvalue weighted by Gasteiger charge is -2.12. The smallest absolute Gasteiger partial charge is 0.422 e. The van der Waals surface area contributed by atoms with Crippen LogP contribution < -0.4 is 10.0 Å². The Morgan fingerprint density at radius 2 is 1.95 bits per heavy atom. The largest absolute Gasteiger partial charge is 0.440 e. The fourth-order valence-electron chi connectivity index (χ4n) is 1.31. The first-order valence-electron chi connectivity index (χ1n) is 5.60. The number of halogens is 3. The van der Waals surface area contributed by atoms with Gasteiger partial charge >= 0.3 is 12.3 Å². The summed E-state index contributed by atoms with van der Waals surface area (Å²) in [6, 6.07) is 3.83. The highest BCUT2D eigenvalue weighted by Gasteiger charge is 2.29. The lowest BCUT2D eigenvalue weighted by atomic mass is 10.2. The topological polar surface area (TPSA) is 84.5 Å². The maximum absolute atomic E-state index is 11.9. The van der Waals surface area contributed by atoms with Crippen molar-refractivity contribution in [3.05, 3.63) is 23.8 Å². The lowest BCUT2D eigenvalue weighted by Crippen LogP contribution is -2.24. The molecule has 21 heavy (non-hydrogen) atoms. The minimum Gasteiger partial charge on any atom is -0.440 e. The summed E-state index contributed by atoms with van der Waals surface area (Å²) >= 11 is 0. The molecule has 0 bridgehead atoms. The van der Waals surface area contributed by atoms with Crippen LogP contribution in [0, 0.1) is 6.92 Å². The van der Waals surface area contributed by atoms with Gasteiger partial charge in [0.25, 0.3) is 0 Å². The number of rotatable bonds is 4. The van der Waals surface area contributed by atoms with E-state index in [1.807, 2.05) is 0 Å². The molecule has 118 valence electrons. The van der Waals surface area contributed by atoms with Crippen LogP contribution >= 0.6 is 0 Å². The number of ether oxygens (including phenoxy) is 1. The molecule has 0 saturated heterocycles. The van der Waals surface area contributed by atoms with E-state index < -0.39 is 28.9 Å². The second kappa shape index (κ2) is 6.31. The molecular weight excluding hydrogens is 313 g/mol. The summed E-state index contributed by atoms with van der Waals surface area (Å²) in [5.41, 5.74) is 0.507. The maximum Gasteiger partial charge on any atom is 0.422 e. The molecule has 0 saturated carbocycles. The molecule has 1 rings (SSSR count). The maximum atomic E-state index is 11.9. The Balaban J connectivity index is 2.89. The van der Waals surface area contributed by atoms with Crippen LogP contribution in [0.15, 0.2) is 23.1 Å². The zero-order chi connectivity index (χ0) is 16.3. The van der Waals surface area contributed by atoms with Gasteiger partial charge in [-0.15, -0.1) is 0 Å². The van der Waals surface area contributed by atoms with Crippen molar-refractivity contribution in [3.8, 4) is 0 Å². The van der Waals surface area contributed by atoms with Gasteiger partial charge in [0.15, 0.2) is 6.61 Å². The predicted molar refractivity (Wildman–Crippen MR) is 68.5 cm³/mol. The normalized spacial score (nSPS) is 12.0. The van der Waals surface area contributed by atoms with Crippen molar-refractivity contribution in [1.29, 1.82) is 0 Å². The molecule has 0 radical (unpaired) electrons. The highest BCUT2D eigenvalue weighted by atomic mass is 32.2. The molecular formula is C11H13F3N2O4S. The summed E-state index contributed by atoms with van der Waals surface area (Å²) in [7, 11) is -2.52. The number of carbonyl (C=O) groups excluding carboxylic acids is 1. The molecule has 6 nitrogen and oxygen atoms in total. The number of hydrogen-bond acceptors (Lipinski definition) is 4. The number of amides is 1. The minimum atomic E-state index is -4.64. The van der Waals surface area contributed by atoms with Gasteiger partial charge < -0.3 is 4.74 Å². The summed E-state index contributed by atoms with van der Waals surface area (Å²) in [6.45, 7) is -0.179. The summed E-state index contributed by atoms with van der Waals surface area (Å²) in [6.07, 6.45) is -5.96. The third kappa shape index (κ3) is 5.23. The van der Waals surface area contributed by atoms with E-state index in [0.29, 0.717) is 5.56 Å². The Bertz CT molecular complexity index is 629. The van der Waals surface area contributed by atoms with Gasteiger partial charge in [0, 0.05) is 5.69 Å². The van der Waals surface area contributed by atoms with Crippen LogP contribution in [0.25, 0.3) is 0 Å². The first kappa shape index (κ1) is 17.2. The fourth-order valence-corrected chi connectivity index (χ4v) is 2.07. The fraction of sp³-hybridized carbons (Fsp3) is 0.364. The lowest BCUT2D eigenvalue weighted by molar-refractivity contribution is -0.159. The molecule has 0 spiro atoms. The Kier molecular flexibility index (Phi) is 5.18. The van der Waals surface area contributed by atoms with Gasteiger partial charge in [0.2, 0.25) is 10.0 Å². The molecule has 0 atom stereocenters. The monoisotopic (exact) mass is 326 g/mol. The summed E-state index contributed by atoms with van der Waals surface area (Å²) < 4.78 is 65.0. The third-order valence-corrected chi connectivity index (χ3v) is 3.80. The molecule has 1 amide bonds. The number of anilines is 1. The van der Waals surface area contributed by atoms with E-state index in [1.54, 1.807) is 6.92 Å². The van der Waals surface area contributed by atoms with Gasteiger partial charge in [0.05, 0.1) is 4.90 Å². The molecule has 0 aliphatic rings. The van der Waals surface area contributed by atoms with E-state index in [4.69, 9.17) is 0 Å². The van der Waals surface area contributed by atoms with Crippen LogP contribution in [0.2, 0.25) is 0 Å².